The number of aliphatic hydroxyl groups is 1. The van der Waals surface area contributed by atoms with Crippen LogP contribution >= 0.6 is 0 Å². The highest BCUT2D eigenvalue weighted by atomic mass is 16.5. The van der Waals surface area contributed by atoms with Crippen LogP contribution in [-0.4, -0.2) is 29.8 Å². The molecular weight excluding hydrogens is 242 g/mol. The summed E-state index contributed by atoms with van der Waals surface area (Å²) in [5.74, 6) is 0.493. The van der Waals surface area contributed by atoms with Gasteiger partial charge in [0.2, 0.25) is 0 Å². The lowest BCUT2D eigenvalue weighted by Gasteiger charge is -2.21. The average molecular weight is 265 g/mol. The topological polar surface area (TPSA) is 58.6 Å². The second-order valence-electron chi connectivity index (χ2n) is 4.91. The molecule has 1 atom stereocenters. The summed E-state index contributed by atoms with van der Waals surface area (Å²) in [5, 5.41) is 12.6. The first-order chi connectivity index (χ1) is 8.98. The van der Waals surface area contributed by atoms with Gasteiger partial charge in [-0.1, -0.05) is 19.9 Å². The third-order valence-electron chi connectivity index (χ3n) is 2.96. The third kappa shape index (κ3) is 5.30. The van der Waals surface area contributed by atoms with Gasteiger partial charge < -0.3 is 15.2 Å². The van der Waals surface area contributed by atoms with Crippen LogP contribution in [0.15, 0.2) is 24.3 Å². The number of nitrogens with one attached hydrogen (secondary N) is 1. The van der Waals surface area contributed by atoms with Crippen LogP contribution in [0.1, 0.15) is 44.0 Å². The van der Waals surface area contributed by atoms with Crippen LogP contribution in [0.2, 0.25) is 0 Å². The van der Waals surface area contributed by atoms with E-state index in [4.69, 9.17) is 4.74 Å². The van der Waals surface area contributed by atoms with Gasteiger partial charge in [-0.15, -0.1) is 0 Å². The number of carbonyl (C=O) groups is 1. The van der Waals surface area contributed by atoms with Gasteiger partial charge in [0.05, 0.1) is 12.2 Å². The number of hydrogen-bond acceptors (Lipinski definition) is 3. The molecule has 0 saturated heterocycles. The Hall–Kier alpha value is -1.55. The minimum atomic E-state index is -0.869. The van der Waals surface area contributed by atoms with Gasteiger partial charge in [-0.2, -0.15) is 0 Å². The number of rotatable bonds is 7. The second kappa shape index (κ2) is 7.14. The zero-order valence-corrected chi connectivity index (χ0v) is 11.9. The summed E-state index contributed by atoms with van der Waals surface area (Å²) in [5.41, 5.74) is -0.327. The first-order valence-electron chi connectivity index (χ1n) is 6.72. The molecule has 0 aliphatic heterocycles. The fourth-order valence-corrected chi connectivity index (χ4v) is 1.44. The van der Waals surface area contributed by atoms with Gasteiger partial charge in [0.25, 0.3) is 5.91 Å². The number of ether oxygens (including phenoxy) is 1. The van der Waals surface area contributed by atoms with Crippen molar-refractivity contribution in [3.05, 3.63) is 29.8 Å². The molecule has 2 N–H and O–H groups in total. The van der Waals surface area contributed by atoms with Gasteiger partial charge in [0, 0.05) is 12.1 Å². The van der Waals surface area contributed by atoms with E-state index in [2.05, 4.69) is 5.32 Å². The number of amides is 1. The Bertz CT molecular complexity index is 416. The Morgan fingerprint density at radius 3 is 2.79 bits per heavy atom. The molecule has 0 radical (unpaired) electrons. The van der Waals surface area contributed by atoms with Crippen molar-refractivity contribution in [2.45, 2.75) is 39.2 Å². The predicted octanol–water partition coefficient (Wildman–Crippen LogP) is 2.37. The summed E-state index contributed by atoms with van der Waals surface area (Å²) in [6.45, 7) is 6.49. The maximum Gasteiger partial charge on any atom is 0.251 e. The minimum Gasteiger partial charge on any atom is -0.494 e. The average Bonchev–Trinajstić information content (AvgIpc) is 2.43. The largest absolute Gasteiger partial charge is 0.494 e. The molecule has 0 heterocycles. The van der Waals surface area contributed by atoms with Crippen LogP contribution in [0.25, 0.3) is 0 Å². The third-order valence-corrected chi connectivity index (χ3v) is 2.96. The molecule has 106 valence electrons. The van der Waals surface area contributed by atoms with Crippen molar-refractivity contribution in [1.82, 2.24) is 5.32 Å². The Morgan fingerprint density at radius 1 is 1.42 bits per heavy atom. The van der Waals surface area contributed by atoms with Gasteiger partial charge in [0.1, 0.15) is 5.75 Å². The predicted molar refractivity (Wildman–Crippen MR) is 75.5 cm³/mol. The van der Waals surface area contributed by atoms with Crippen molar-refractivity contribution in [3.8, 4) is 5.75 Å². The fraction of sp³-hybridized carbons (Fsp3) is 0.533. The van der Waals surface area contributed by atoms with Gasteiger partial charge >= 0.3 is 0 Å². The molecule has 1 aromatic rings. The van der Waals surface area contributed by atoms with Crippen LogP contribution in [-0.2, 0) is 0 Å². The molecule has 0 bridgehead atoms. The van der Waals surface area contributed by atoms with Crippen molar-refractivity contribution in [1.29, 1.82) is 0 Å². The van der Waals surface area contributed by atoms with E-state index >= 15 is 0 Å². The van der Waals surface area contributed by atoms with Crippen molar-refractivity contribution in [2.75, 3.05) is 13.2 Å². The van der Waals surface area contributed by atoms with Gasteiger partial charge in [0.15, 0.2) is 0 Å². The quantitative estimate of drug-likeness (QED) is 0.795. The van der Waals surface area contributed by atoms with Crippen LogP contribution in [0.4, 0.5) is 0 Å². The van der Waals surface area contributed by atoms with Crippen molar-refractivity contribution in [3.63, 3.8) is 0 Å². The first kappa shape index (κ1) is 15.5. The molecule has 1 aromatic carbocycles. The van der Waals surface area contributed by atoms with E-state index in [1.54, 1.807) is 25.1 Å². The molecule has 4 nitrogen and oxygen atoms in total. The van der Waals surface area contributed by atoms with E-state index in [1.807, 2.05) is 19.9 Å². The molecule has 1 amide bonds. The second-order valence-corrected chi connectivity index (χ2v) is 4.91. The zero-order chi connectivity index (χ0) is 14.3. The van der Waals surface area contributed by atoms with Crippen LogP contribution in [0, 0.1) is 0 Å². The van der Waals surface area contributed by atoms with Crippen molar-refractivity contribution >= 4 is 5.91 Å². The molecule has 0 aliphatic rings. The van der Waals surface area contributed by atoms with Gasteiger partial charge in [-0.25, -0.2) is 0 Å². The Labute approximate surface area is 114 Å². The molecular formula is C15H23NO3. The van der Waals surface area contributed by atoms with E-state index in [1.165, 1.54) is 0 Å². The lowest BCUT2D eigenvalue weighted by molar-refractivity contribution is 0.0518. The number of benzene rings is 1. The van der Waals surface area contributed by atoms with Gasteiger partial charge in [-0.05, 0) is 38.0 Å². The maximum absolute atomic E-state index is 12.0. The van der Waals surface area contributed by atoms with E-state index < -0.39 is 5.60 Å². The molecule has 0 aromatic heterocycles. The van der Waals surface area contributed by atoms with E-state index in [0.29, 0.717) is 24.3 Å². The van der Waals surface area contributed by atoms with Gasteiger partial charge in [-0.3, -0.25) is 4.79 Å². The monoisotopic (exact) mass is 265 g/mol. The summed E-state index contributed by atoms with van der Waals surface area (Å²) in [4.78, 5) is 12.0. The first-order valence-corrected chi connectivity index (χ1v) is 6.72. The number of carbonyl (C=O) groups excluding carboxylic acids is 1. The van der Waals surface area contributed by atoms with Crippen molar-refractivity contribution in [2.24, 2.45) is 0 Å². The smallest absolute Gasteiger partial charge is 0.251 e. The van der Waals surface area contributed by atoms with Crippen LogP contribution in [0.5, 0.6) is 5.75 Å². The molecule has 19 heavy (non-hydrogen) atoms. The molecule has 0 aliphatic carbocycles. The van der Waals surface area contributed by atoms with Crippen LogP contribution < -0.4 is 10.1 Å². The molecule has 1 unspecified atom stereocenters. The van der Waals surface area contributed by atoms with E-state index in [-0.39, 0.29) is 12.5 Å². The standard InChI is InChI=1S/C15H23NO3/c1-4-9-19-13-8-6-7-12(10-13)14(17)16-11-15(3,18)5-2/h6-8,10,18H,4-5,9,11H2,1-3H3,(H,16,17). The highest BCUT2D eigenvalue weighted by Crippen LogP contribution is 2.14. The highest BCUT2D eigenvalue weighted by Gasteiger charge is 2.18. The molecule has 0 fully saturated rings. The van der Waals surface area contributed by atoms with Crippen LogP contribution in [0.3, 0.4) is 0 Å². The Kier molecular flexibility index (Phi) is 5.83. The maximum atomic E-state index is 12.0. The molecule has 0 saturated carbocycles. The molecule has 1 rings (SSSR count). The summed E-state index contributed by atoms with van der Waals surface area (Å²) in [6, 6.07) is 7.06. The van der Waals surface area contributed by atoms with E-state index in [9.17, 15) is 9.90 Å². The van der Waals surface area contributed by atoms with Crippen molar-refractivity contribution < 1.29 is 14.6 Å². The Morgan fingerprint density at radius 2 is 2.16 bits per heavy atom. The normalized spacial score (nSPS) is 13.7. The van der Waals surface area contributed by atoms with E-state index in [0.717, 1.165) is 6.42 Å². The number of hydrogen-bond donors (Lipinski definition) is 2. The lowest BCUT2D eigenvalue weighted by atomic mass is 10.0. The Balaban J connectivity index is 2.61. The fourth-order valence-electron chi connectivity index (χ4n) is 1.44. The summed E-state index contributed by atoms with van der Waals surface area (Å²) >= 11 is 0. The zero-order valence-electron chi connectivity index (χ0n) is 11.9. The summed E-state index contributed by atoms with van der Waals surface area (Å²) in [7, 11) is 0. The minimum absolute atomic E-state index is 0.198. The summed E-state index contributed by atoms with van der Waals surface area (Å²) < 4.78 is 5.48. The molecule has 4 heteroatoms. The lowest BCUT2D eigenvalue weighted by Crippen LogP contribution is -2.40. The SMILES string of the molecule is CCCOc1cccc(C(=O)NCC(C)(O)CC)c1. The summed E-state index contributed by atoms with van der Waals surface area (Å²) in [6.07, 6.45) is 1.52. The highest BCUT2D eigenvalue weighted by molar-refractivity contribution is 5.94. The molecule has 0 spiro atoms.